The first-order chi connectivity index (χ1) is 8.49. The third kappa shape index (κ3) is 2.97. The van der Waals surface area contributed by atoms with Crippen molar-refractivity contribution in [3.63, 3.8) is 0 Å². The normalized spacial score (nSPS) is 11.8. The number of fused-ring (bicyclic) bond motifs is 1. The molecule has 1 unspecified atom stereocenters. The maximum absolute atomic E-state index is 11.6. The Morgan fingerprint density at radius 1 is 1.33 bits per heavy atom. The molecule has 2 aromatic rings. The number of aromatic amines is 1. The zero-order valence-corrected chi connectivity index (χ0v) is 12.3. The molecular formula is C12H15ClN2O2S. The average molecular weight is 287 g/mol. The Balaban J connectivity index is 0.000000771. The quantitative estimate of drug-likeness (QED) is 0.876. The van der Waals surface area contributed by atoms with Gasteiger partial charge in [-0.3, -0.25) is 9.00 Å². The highest BCUT2D eigenvalue weighted by molar-refractivity contribution is 7.84. The van der Waals surface area contributed by atoms with Crippen molar-refractivity contribution < 1.29 is 4.21 Å². The summed E-state index contributed by atoms with van der Waals surface area (Å²) in [5.74, 6) is 0.521. The van der Waals surface area contributed by atoms with Crippen molar-refractivity contribution in [3.05, 3.63) is 33.3 Å². The predicted octanol–water partition coefficient (Wildman–Crippen LogP) is 2.65. The Hall–Kier alpha value is -1.20. The van der Waals surface area contributed by atoms with Gasteiger partial charge in [-0.05, 0) is 19.1 Å². The van der Waals surface area contributed by atoms with Crippen LogP contribution in [0.25, 0.3) is 10.9 Å². The number of rotatable bonds is 1. The fourth-order valence-corrected chi connectivity index (χ4v) is 2.58. The van der Waals surface area contributed by atoms with Gasteiger partial charge in [0.2, 0.25) is 0 Å². The number of halogens is 1. The summed E-state index contributed by atoms with van der Waals surface area (Å²) in [6, 6.07) is 3.09. The molecule has 1 aromatic heterocycles. The van der Waals surface area contributed by atoms with E-state index in [2.05, 4.69) is 9.97 Å². The molecule has 6 heteroatoms. The summed E-state index contributed by atoms with van der Waals surface area (Å²) < 4.78 is 11.4. The highest BCUT2D eigenvalue weighted by Gasteiger charge is 2.09. The van der Waals surface area contributed by atoms with Crippen molar-refractivity contribution in [2.75, 3.05) is 6.26 Å². The van der Waals surface area contributed by atoms with Crippen LogP contribution in [0, 0.1) is 6.92 Å². The van der Waals surface area contributed by atoms with Crippen molar-refractivity contribution >= 4 is 33.3 Å². The summed E-state index contributed by atoms with van der Waals surface area (Å²) in [5.41, 5.74) is 0.272. The van der Waals surface area contributed by atoms with E-state index in [-0.39, 0.29) is 5.56 Å². The summed E-state index contributed by atoms with van der Waals surface area (Å²) >= 11 is 5.94. The molecule has 0 amide bonds. The third-order valence-electron chi connectivity index (χ3n) is 2.19. The second kappa shape index (κ2) is 6.11. The van der Waals surface area contributed by atoms with E-state index in [9.17, 15) is 9.00 Å². The van der Waals surface area contributed by atoms with Gasteiger partial charge in [-0.15, -0.1) is 0 Å². The topological polar surface area (TPSA) is 62.8 Å². The summed E-state index contributed by atoms with van der Waals surface area (Å²) in [5, 5.41) is 0.731. The Labute approximate surface area is 113 Å². The second-order valence-corrected chi connectivity index (χ2v) is 5.16. The first-order valence-electron chi connectivity index (χ1n) is 5.52. The molecule has 0 bridgehead atoms. The highest BCUT2D eigenvalue weighted by Crippen LogP contribution is 2.23. The van der Waals surface area contributed by atoms with Gasteiger partial charge in [0.25, 0.3) is 5.56 Å². The van der Waals surface area contributed by atoms with Gasteiger partial charge in [0.15, 0.2) is 0 Å². The minimum Gasteiger partial charge on any atom is -0.310 e. The van der Waals surface area contributed by atoms with Crippen molar-refractivity contribution in [2.45, 2.75) is 25.7 Å². The second-order valence-electron chi connectivity index (χ2n) is 3.41. The highest BCUT2D eigenvalue weighted by atomic mass is 35.5. The lowest BCUT2D eigenvalue weighted by atomic mass is 10.2. The lowest BCUT2D eigenvalue weighted by Gasteiger charge is -2.03. The number of H-pyrrole nitrogens is 1. The fourth-order valence-electron chi connectivity index (χ4n) is 1.48. The van der Waals surface area contributed by atoms with Gasteiger partial charge in [-0.1, -0.05) is 25.4 Å². The molecule has 0 saturated heterocycles. The molecular weight excluding hydrogens is 272 g/mol. The molecule has 18 heavy (non-hydrogen) atoms. The maximum Gasteiger partial charge on any atom is 0.258 e. The molecule has 1 heterocycles. The number of hydrogen-bond donors (Lipinski definition) is 1. The molecule has 1 atom stereocenters. The summed E-state index contributed by atoms with van der Waals surface area (Å²) in [6.07, 6.45) is 1.53. The van der Waals surface area contributed by atoms with E-state index in [1.165, 1.54) is 12.3 Å². The van der Waals surface area contributed by atoms with E-state index in [0.717, 1.165) is 0 Å². The zero-order valence-electron chi connectivity index (χ0n) is 10.7. The van der Waals surface area contributed by atoms with Crippen LogP contribution in [0.2, 0.25) is 5.02 Å². The lowest BCUT2D eigenvalue weighted by molar-refractivity contribution is 0.687. The average Bonchev–Trinajstić information content (AvgIpc) is 2.32. The van der Waals surface area contributed by atoms with Crippen molar-refractivity contribution in [1.29, 1.82) is 0 Å². The van der Waals surface area contributed by atoms with E-state index < -0.39 is 10.8 Å². The Bertz CT molecular complexity index is 652. The van der Waals surface area contributed by atoms with Gasteiger partial charge in [0, 0.05) is 6.26 Å². The Morgan fingerprint density at radius 3 is 2.50 bits per heavy atom. The van der Waals surface area contributed by atoms with Crippen LogP contribution in [0.4, 0.5) is 0 Å². The molecule has 4 nitrogen and oxygen atoms in total. The van der Waals surface area contributed by atoms with Crippen LogP contribution in [0.15, 0.2) is 21.8 Å². The van der Waals surface area contributed by atoms with Crippen LogP contribution < -0.4 is 5.56 Å². The molecule has 0 spiro atoms. The molecule has 98 valence electrons. The molecule has 1 aromatic carbocycles. The fraction of sp³-hybridized carbons (Fsp3) is 0.333. The molecule has 0 aliphatic heterocycles. The molecule has 0 aliphatic rings. The zero-order chi connectivity index (χ0) is 13.9. The largest absolute Gasteiger partial charge is 0.310 e. The number of nitrogens with one attached hydrogen (secondary N) is 1. The number of hydrogen-bond acceptors (Lipinski definition) is 3. The predicted molar refractivity (Wildman–Crippen MR) is 75.8 cm³/mol. The van der Waals surface area contributed by atoms with Gasteiger partial charge in [0.05, 0.1) is 31.6 Å². The molecule has 2 rings (SSSR count). The van der Waals surface area contributed by atoms with Gasteiger partial charge in [0.1, 0.15) is 5.82 Å². The molecule has 0 aliphatic carbocycles. The number of aryl methyl sites for hydroxylation is 1. The Kier molecular flexibility index (Phi) is 5.04. The van der Waals surface area contributed by atoms with Crippen molar-refractivity contribution in [2.24, 2.45) is 0 Å². The molecule has 0 fully saturated rings. The lowest BCUT2D eigenvalue weighted by Crippen LogP contribution is -2.10. The molecule has 0 saturated carbocycles. The standard InChI is InChI=1S/C10H9ClN2O2S.C2H6/c1-5-12-8-4-9(16(2)15)7(11)3-6(8)10(14)13-5;1-2/h3-4H,1-2H3,(H,12,13,14);1-2H3. The SMILES string of the molecule is CC.Cc1nc2cc(S(C)=O)c(Cl)cc2c(=O)[nH]1. The molecule has 0 radical (unpaired) electrons. The van der Waals surface area contributed by atoms with Gasteiger partial charge in [-0.25, -0.2) is 4.98 Å². The summed E-state index contributed by atoms with van der Waals surface area (Å²) in [7, 11) is -1.19. The van der Waals surface area contributed by atoms with Crippen molar-refractivity contribution in [3.8, 4) is 0 Å². The van der Waals surface area contributed by atoms with Crippen LogP contribution in [0.1, 0.15) is 19.7 Å². The van der Waals surface area contributed by atoms with Crippen molar-refractivity contribution in [1.82, 2.24) is 9.97 Å². The van der Waals surface area contributed by atoms with Gasteiger partial charge >= 0.3 is 0 Å². The Morgan fingerprint density at radius 2 is 1.94 bits per heavy atom. The summed E-state index contributed by atoms with van der Waals surface area (Å²) in [6.45, 7) is 5.69. The minimum atomic E-state index is -1.19. The molecule has 1 N–H and O–H groups in total. The van der Waals surface area contributed by atoms with Crippen LogP contribution in [0.3, 0.4) is 0 Å². The number of aromatic nitrogens is 2. The van der Waals surface area contributed by atoms with Gasteiger partial charge in [-0.2, -0.15) is 0 Å². The van der Waals surface area contributed by atoms with E-state index in [1.54, 1.807) is 13.0 Å². The van der Waals surface area contributed by atoms with Crippen LogP contribution >= 0.6 is 11.6 Å². The first kappa shape index (κ1) is 14.9. The van der Waals surface area contributed by atoms with E-state index in [1.807, 2.05) is 13.8 Å². The minimum absolute atomic E-state index is 0.238. The number of benzene rings is 1. The first-order valence-corrected chi connectivity index (χ1v) is 7.46. The monoisotopic (exact) mass is 286 g/mol. The van der Waals surface area contributed by atoms with Crippen LogP contribution in [-0.2, 0) is 10.8 Å². The third-order valence-corrected chi connectivity index (χ3v) is 3.57. The number of nitrogens with zero attached hydrogens (tertiary/aromatic N) is 1. The van der Waals surface area contributed by atoms with E-state index in [0.29, 0.717) is 26.6 Å². The van der Waals surface area contributed by atoms with Crippen LogP contribution in [0.5, 0.6) is 0 Å². The smallest absolute Gasteiger partial charge is 0.258 e. The summed E-state index contributed by atoms with van der Waals surface area (Å²) in [4.78, 5) is 18.9. The van der Waals surface area contributed by atoms with Crippen LogP contribution in [-0.4, -0.2) is 20.4 Å². The maximum atomic E-state index is 11.6. The van der Waals surface area contributed by atoms with Gasteiger partial charge < -0.3 is 4.98 Å². The van der Waals surface area contributed by atoms with E-state index in [4.69, 9.17) is 11.6 Å². The van der Waals surface area contributed by atoms with E-state index >= 15 is 0 Å².